The number of alkyl halides is 3. The van der Waals surface area contributed by atoms with Crippen LogP contribution in [0.1, 0.15) is 48.8 Å². The molecule has 2 aliphatic rings. The molecule has 1 aliphatic heterocycles. The van der Waals surface area contributed by atoms with E-state index in [1.54, 1.807) is 6.07 Å². The van der Waals surface area contributed by atoms with Crippen LogP contribution in [-0.2, 0) is 11.0 Å². The van der Waals surface area contributed by atoms with E-state index in [1.807, 2.05) is 36.1 Å². The topological polar surface area (TPSA) is 47.3 Å². The molecule has 31 heavy (non-hydrogen) atoms. The highest BCUT2D eigenvalue weighted by molar-refractivity contribution is 7.81. The number of nitriles is 1. The van der Waals surface area contributed by atoms with Crippen molar-refractivity contribution in [1.29, 1.82) is 5.26 Å². The summed E-state index contributed by atoms with van der Waals surface area (Å²) >= 11 is 5.67. The minimum Gasteiger partial charge on any atom is -0.303 e. The lowest BCUT2D eigenvalue weighted by atomic mass is 9.80. The van der Waals surface area contributed by atoms with Crippen molar-refractivity contribution >= 4 is 34.6 Å². The molecule has 1 saturated heterocycles. The fourth-order valence-corrected chi connectivity index (χ4v) is 5.00. The molecule has 4 rings (SSSR count). The summed E-state index contributed by atoms with van der Waals surface area (Å²) in [6, 6.07) is 12.5. The molecule has 4 nitrogen and oxygen atoms in total. The number of rotatable bonds is 2. The first-order chi connectivity index (χ1) is 14.7. The van der Waals surface area contributed by atoms with Gasteiger partial charge in [0.1, 0.15) is 5.54 Å². The van der Waals surface area contributed by atoms with Crippen molar-refractivity contribution < 1.29 is 18.0 Å². The van der Waals surface area contributed by atoms with Crippen molar-refractivity contribution in [3.8, 4) is 6.07 Å². The quantitative estimate of drug-likeness (QED) is 0.557. The van der Waals surface area contributed by atoms with Crippen molar-refractivity contribution in [1.82, 2.24) is 0 Å². The zero-order valence-corrected chi connectivity index (χ0v) is 17.7. The molecule has 0 bridgehead atoms. The monoisotopic (exact) mass is 443 g/mol. The Labute approximate surface area is 183 Å². The van der Waals surface area contributed by atoms with E-state index in [2.05, 4.69) is 0 Å². The van der Waals surface area contributed by atoms with E-state index < -0.39 is 22.8 Å². The van der Waals surface area contributed by atoms with Crippen LogP contribution in [0.5, 0.6) is 0 Å². The number of carbonyl (C=O) groups is 1. The Kier molecular flexibility index (Phi) is 5.26. The highest BCUT2D eigenvalue weighted by Gasteiger charge is 2.56. The maximum absolute atomic E-state index is 13.7. The van der Waals surface area contributed by atoms with Crippen molar-refractivity contribution in [2.24, 2.45) is 0 Å². The fraction of sp³-hybridized carbons (Fsp3) is 0.348. The molecule has 1 spiro atoms. The van der Waals surface area contributed by atoms with Crippen molar-refractivity contribution in [3.63, 3.8) is 0 Å². The minimum absolute atomic E-state index is 0.0286. The van der Waals surface area contributed by atoms with Gasteiger partial charge in [0.05, 0.1) is 22.9 Å². The minimum atomic E-state index is -4.72. The third-order valence-corrected chi connectivity index (χ3v) is 6.44. The highest BCUT2D eigenvalue weighted by Crippen LogP contribution is 2.45. The first kappa shape index (κ1) is 21.3. The van der Waals surface area contributed by atoms with E-state index in [0.29, 0.717) is 12.8 Å². The largest absolute Gasteiger partial charge is 0.417 e. The second-order valence-electron chi connectivity index (χ2n) is 8.03. The third-order valence-electron chi connectivity index (χ3n) is 6.07. The summed E-state index contributed by atoms with van der Waals surface area (Å²) in [7, 11) is 0. The Morgan fingerprint density at radius 2 is 1.65 bits per heavy atom. The summed E-state index contributed by atoms with van der Waals surface area (Å²) < 4.78 is 40.6. The van der Waals surface area contributed by atoms with Gasteiger partial charge in [0.25, 0.3) is 5.91 Å². The molecule has 0 N–H and O–H groups in total. The molecule has 0 aromatic heterocycles. The molecule has 2 fully saturated rings. The molecule has 8 heteroatoms. The maximum atomic E-state index is 13.7. The molecular weight excluding hydrogens is 423 g/mol. The van der Waals surface area contributed by atoms with Gasteiger partial charge in [-0.25, -0.2) is 0 Å². The van der Waals surface area contributed by atoms with Crippen LogP contribution in [0.2, 0.25) is 0 Å². The molecule has 160 valence electrons. The molecule has 2 aromatic carbocycles. The number of thiocarbonyl (C=S) groups is 1. The number of amides is 1. The van der Waals surface area contributed by atoms with Gasteiger partial charge in [-0.1, -0.05) is 37.0 Å². The van der Waals surface area contributed by atoms with E-state index in [-0.39, 0.29) is 16.7 Å². The molecule has 0 unspecified atom stereocenters. The van der Waals surface area contributed by atoms with Crippen LogP contribution in [0.15, 0.2) is 42.5 Å². The molecule has 2 aromatic rings. The smallest absolute Gasteiger partial charge is 0.303 e. The van der Waals surface area contributed by atoms with Crippen molar-refractivity contribution in [3.05, 3.63) is 59.2 Å². The summed E-state index contributed by atoms with van der Waals surface area (Å²) in [6.45, 7) is 1.95. The number of hydrogen-bond acceptors (Lipinski definition) is 3. The summed E-state index contributed by atoms with van der Waals surface area (Å²) in [5, 5.41) is 9.25. The number of nitrogens with zero attached hydrogens (tertiary/aromatic N) is 3. The summed E-state index contributed by atoms with van der Waals surface area (Å²) in [4.78, 5) is 16.7. The average Bonchev–Trinajstić information content (AvgIpc) is 2.94. The predicted octanol–water partition coefficient (Wildman–Crippen LogP) is 5.73. The second kappa shape index (κ2) is 7.65. The first-order valence-electron chi connectivity index (χ1n) is 10.1. The molecule has 0 radical (unpaired) electrons. The normalized spacial score (nSPS) is 18.5. The van der Waals surface area contributed by atoms with Gasteiger partial charge >= 0.3 is 6.18 Å². The van der Waals surface area contributed by atoms with Crippen LogP contribution in [0.25, 0.3) is 0 Å². The van der Waals surface area contributed by atoms with Crippen molar-refractivity contribution in [2.75, 3.05) is 9.80 Å². The van der Waals surface area contributed by atoms with Gasteiger partial charge in [-0.05, 0) is 62.3 Å². The van der Waals surface area contributed by atoms with Crippen LogP contribution < -0.4 is 9.80 Å². The summed E-state index contributed by atoms with van der Waals surface area (Å²) in [5.41, 5.74) is -0.640. The van der Waals surface area contributed by atoms with Gasteiger partial charge in [-0.15, -0.1) is 0 Å². The Morgan fingerprint density at radius 1 is 1.03 bits per heavy atom. The Balaban J connectivity index is 1.85. The van der Waals surface area contributed by atoms with Crippen LogP contribution >= 0.6 is 12.2 Å². The van der Waals surface area contributed by atoms with E-state index in [0.717, 1.165) is 42.6 Å². The van der Waals surface area contributed by atoms with E-state index >= 15 is 0 Å². The zero-order chi connectivity index (χ0) is 22.4. The summed E-state index contributed by atoms with van der Waals surface area (Å²) in [5.74, 6) is -0.310. The van der Waals surface area contributed by atoms with E-state index in [9.17, 15) is 18.0 Å². The molecule has 1 aliphatic carbocycles. The number of hydrogen-bond donors (Lipinski definition) is 0. The fourth-order valence-electron chi connectivity index (χ4n) is 4.53. The molecule has 1 amide bonds. The molecule has 0 atom stereocenters. The number of halogens is 3. The first-order valence-corrected chi connectivity index (χ1v) is 10.5. The Hall–Kier alpha value is -2.92. The number of carbonyl (C=O) groups excluding carboxylic acids is 1. The molecule has 1 heterocycles. The van der Waals surface area contributed by atoms with Crippen LogP contribution in [0.4, 0.5) is 24.5 Å². The van der Waals surface area contributed by atoms with Crippen molar-refractivity contribution in [2.45, 2.75) is 50.7 Å². The maximum Gasteiger partial charge on any atom is 0.417 e. The van der Waals surface area contributed by atoms with Gasteiger partial charge in [-0.2, -0.15) is 18.4 Å². The van der Waals surface area contributed by atoms with Crippen LogP contribution in [0.3, 0.4) is 0 Å². The number of aryl methyl sites for hydroxylation is 1. The summed E-state index contributed by atoms with van der Waals surface area (Å²) in [6.07, 6.45) is -0.877. The molecular formula is C23H20F3N3OS. The van der Waals surface area contributed by atoms with Gasteiger partial charge in [-0.3, -0.25) is 9.69 Å². The predicted molar refractivity (Wildman–Crippen MR) is 116 cm³/mol. The van der Waals surface area contributed by atoms with Gasteiger partial charge in [0.15, 0.2) is 5.11 Å². The van der Waals surface area contributed by atoms with Gasteiger partial charge in [0.2, 0.25) is 0 Å². The SMILES string of the molecule is Cc1ccc(N2C(=S)N(c3ccc(C#N)c(C(F)(F)F)c3)C(=O)C23CCCCC3)cc1. The van der Waals surface area contributed by atoms with E-state index in [4.69, 9.17) is 17.5 Å². The lowest BCUT2D eigenvalue weighted by Crippen LogP contribution is -2.51. The number of benzene rings is 2. The lowest BCUT2D eigenvalue weighted by Gasteiger charge is -2.39. The Morgan fingerprint density at radius 3 is 2.23 bits per heavy atom. The second-order valence-corrected chi connectivity index (χ2v) is 8.39. The number of anilines is 2. The molecule has 1 saturated carbocycles. The lowest BCUT2D eigenvalue weighted by molar-refractivity contribution is -0.137. The van der Waals surface area contributed by atoms with Crippen LogP contribution in [0, 0.1) is 18.3 Å². The van der Waals surface area contributed by atoms with E-state index in [1.165, 1.54) is 11.0 Å². The standard InChI is InChI=1S/C23H20F3N3OS/c1-15-5-8-17(9-6-15)29-21(31)28(20(30)22(29)11-3-2-4-12-22)18-10-7-16(14-27)19(13-18)23(24,25)26/h5-10,13H,2-4,11-12H2,1H3. The van der Waals surface area contributed by atoms with Gasteiger partial charge < -0.3 is 4.90 Å². The Bertz CT molecular complexity index is 1080. The third kappa shape index (κ3) is 3.47. The highest BCUT2D eigenvalue weighted by atomic mass is 32.1. The van der Waals surface area contributed by atoms with Gasteiger partial charge in [0, 0.05) is 5.69 Å². The van der Waals surface area contributed by atoms with Crippen LogP contribution in [-0.4, -0.2) is 16.6 Å². The zero-order valence-electron chi connectivity index (χ0n) is 16.9. The average molecular weight is 443 g/mol.